The number of primary amides is 1. The molecule has 1 aromatic heterocycles. The number of amides is 1. The van der Waals surface area contributed by atoms with Crippen LogP contribution in [0, 0.1) is 0 Å². The molecule has 1 fully saturated rings. The fourth-order valence-corrected chi connectivity index (χ4v) is 4.09. The van der Waals surface area contributed by atoms with Gasteiger partial charge in [-0.3, -0.25) is 4.79 Å². The van der Waals surface area contributed by atoms with E-state index in [-0.39, 0.29) is 12.1 Å². The lowest BCUT2D eigenvalue weighted by Crippen LogP contribution is -2.42. The summed E-state index contributed by atoms with van der Waals surface area (Å²) in [7, 11) is 1.64. The van der Waals surface area contributed by atoms with Crippen molar-refractivity contribution in [1.82, 2.24) is 4.98 Å². The lowest BCUT2D eigenvalue weighted by Gasteiger charge is -2.30. The molecule has 0 aliphatic heterocycles. The zero-order valence-electron chi connectivity index (χ0n) is 18.2. The van der Waals surface area contributed by atoms with E-state index in [0.29, 0.717) is 17.1 Å². The molecule has 2 atom stereocenters. The van der Waals surface area contributed by atoms with Crippen LogP contribution in [0.2, 0.25) is 0 Å². The first-order chi connectivity index (χ1) is 15.5. The van der Waals surface area contributed by atoms with E-state index in [4.69, 9.17) is 21.2 Å². The fraction of sp³-hybridized carbons (Fsp3) is 0.280. The molecule has 1 saturated carbocycles. The summed E-state index contributed by atoms with van der Waals surface area (Å²) in [4.78, 5) is 16.7. The summed E-state index contributed by atoms with van der Waals surface area (Å²) in [6, 6.07) is 19.2. The first-order valence-electron chi connectivity index (χ1n) is 10.9. The number of hydrogen-bond donors (Lipinski definition) is 4. The normalized spacial score (nSPS) is 18.1. The summed E-state index contributed by atoms with van der Waals surface area (Å²) in [5, 5.41) is 6.79. The van der Waals surface area contributed by atoms with Gasteiger partial charge in [0.05, 0.1) is 24.1 Å². The molecule has 0 bridgehead atoms. The number of aromatic nitrogens is 1. The number of pyridine rings is 1. The van der Waals surface area contributed by atoms with Crippen LogP contribution in [0.5, 0.6) is 5.75 Å². The van der Waals surface area contributed by atoms with Crippen molar-refractivity contribution in [3.8, 4) is 17.0 Å². The van der Waals surface area contributed by atoms with Crippen molar-refractivity contribution in [2.24, 2.45) is 11.5 Å². The first-order valence-corrected chi connectivity index (χ1v) is 10.9. The molecule has 7 nitrogen and oxygen atoms in total. The van der Waals surface area contributed by atoms with Crippen LogP contribution in [0.3, 0.4) is 0 Å². The van der Waals surface area contributed by atoms with Crippen LogP contribution in [0.15, 0.2) is 60.7 Å². The summed E-state index contributed by atoms with van der Waals surface area (Å²) < 4.78 is 5.32. The number of rotatable bonds is 7. The topological polar surface area (TPSA) is 115 Å². The second kappa shape index (κ2) is 9.70. The smallest absolute Gasteiger partial charge is 0.250 e. The molecule has 6 N–H and O–H groups in total. The first kappa shape index (κ1) is 21.6. The van der Waals surface area contributed by atoms with E-state index >= 15 is 0 Å². The van der Waals surface area contributed by atoms with Crippen LogP contribution in [-0.2, 0) is 0 Å². The molecule has 32 heavy (non-hydrogen) atoms. The van der Waals surface area contributed by atoms with E-state index in [1.165, 1.54) is 6.42 Å². The molecule has 1 amide bonds. The van der Waals surface area contributed by atoms with Gasteiger partial charge in [0.1, 0.15) is 11.6 Å². The second-order valence-corrected chi connectivity index (χ2v) is 8.09. The van der Waals surface area contributed by atoms with E-state index in [1.807, 2.05) is 54.6 Å². The third kappa shape index (κ3) is 5.00. The van der Waals surface area contributed by atoms with Crippen LogP contribution in [0.25, 0.3) is 11.3 Å². The number of carbonyl (C=O) groups excluding carboxylic acids is 1. The zero-order chi connectivity index (χ0) is 22.5. The van der Waals surface area contributed by atoms with Gasteiger partial charge in [0.25, 0.3) is 5.91 Å². The number of nitrogens with two attached hydrogens (primary N) is 2. The van der Waals surface area contributed by atoms with Gasteiger partial charge in [-0.25, -0.2) is 4.98 Å². The molecule has 0 radical (unpaired) electrons. The highest BCUT2D eigenvalue weighted by Crippen LogP contribution is 2.28. The Balaban J connectivity index is 1.60. The molecular formula is C25H29N5O2. The fourth-order valence-electron chi connectivity index (χ4n) is 4.09. The quantitative estimate of drug-likeness (QED) is 0.444. The van der Waals surface area contributed by atoms with Crippen molar-refractivity contribution in [3.63, 3.8) is 0 Å². The van der Waals surface area contributed by atoms with Crippen molar-refractivity contribution in [2.45, 2.75) is 37.8 Å². The van der Waals surface area contributed by atoms with Gasteiger partial charge in [0, 0.05) is 23.3 Å². The summed E-state index contributed by atoms with van der Waals surface area (Å²) in [6.07, 6.45) is 4.38. The lowest BCUT2D eigenvalue weighted by molar-refractivity contribution is 0.100. The SMILES string of the molecule is COc1cccc(-c2cccc(Nc3cc(N[C@H]4CCCC[C@H]4N)ccc3C(N)=O)n2)c1. The van der Waals surface area contributed by atoms with Crippen LogP contribution >= 0.6 is 0 Å². The Labute approximate surface area is 188 Å². The molecule has 0 unspecified atom stereocenters. The van der Waals surface area contributed by atoms with E-state index < -0.39 is 5.91 Å². The average Bonchev–Trinajstić information content (AvgIpc) is 2.81. The minimum absolute atomic E-state index is 0.122. The maximum Gasteiger partial charge on any atom is 0.250 e. The van der Waals surface area contributed by atoms with Crippen molar-refractivity contribution in [1.29, 1.82) is 0 Å². The number of carbonyl (C=O) groups is 1. The molecule has 166 valence electrons. The molecule has 0 spiro atoms. The minimum atomic E-state index is -0.502. The predicted molar refractivity (Wildman–Crippen MR) is 128 cm³/mol. The summed E-state index contributed by atoms with van der Waals surface area (Å²) in [5.41, 5.74) is 15.5. The third-order valence-electron chi connectivity index (χ3n) is 5.83. The predicted octanol–water partition coefficient (Wildman–Crippen LogP) is 4.28. The molecule has 0 saturated heterocycles. The molecule has 4 rings (SSSR count). The maximum absolute atomic E-state index is 12.0. The van der Waals surface area contributed by atoms with E-state index in [1.54, 1.807) is 13.2 Å². The molecule has 2 aromatic carbocycles. The van der Waals surface area contributed by atoms with Crippen LogP contribution in [-0.4, -0.2) is 30.1 Å². The highest BCUT2D eigenvalue weighted by atomic mass is 16.5. The third-order valence-corrected chi connectivity index (χ3v) is 5.83. The number of nitrogens with zero attached hydrogens (tertiary/aromatic N) is 1. The number of methoxy groups -OCH3 is 1. The number of hydrogen-bond acceptors (Lipinski definition) is 6. The van der Waals surface area contributed by atoms with Crippen molar-refractivity contribution < 1.29 is 9.53 Å². The standard InChI is InChI=1S/C25H29N5O2/c1-32-18-7-4-6-16(14-18)21-10-5-11-24(29-21)30-23-15-17(12-13-19(23)25(27)31)28-22-9-3-2-8-20(22)26/h4-7,10-15,20,22,28H,2-3,8-9,26H2,1H3,(H2,27,31)(H,29,30)/t20-,22+/m1/s1. The number of anilines is 3. The Morgan fingerprint density at radius 3 is 2.66 bits per heavy atom. The maximum atomic E-state index is 12.0. The Morgan fingerprint density at radius 1 is 1.06 bits per heavy atom. The molecule has 7 heteroatoms. The van der Waals surface area contributed by atoms with E-state index in [9.17, 15) is 4.79 Å². The molecule has 3 aromatic rings. The number of benzene rings is 2. The Bertz CT molecular complexity index is 1100. The van der Waals surface area contributed by atoms with Gasteiger partial charge in [-0.2, -0.15) is 0 Å². The molecular weight excluding hydrogens is 402 g/mol. The summed E-state index contributed by atoms with van der Waals surface area (Å²) in [6.45, 7) is 0. The average molecular weight is 432 g/mol. The van der Waals surface area contributed by atoms with Gasteiger partial charge in [0.15, 0.2) is 0 Å². The molecule has 1 aliphatic rings. The van der Waals surface area contributed by atoms with Crippen LogP contribution in [0.1, 0.15) is 36.0 Å². The van der Waals surface area contributed by atoms with Crippen molar-refractivity contribution >= 4 is 23.1 Å². The van der Waals surface area contributed by atoms with Gasteiger partial charge in [-0.1, -0.05) is 31.0 Å². The van der Waals surface area contributed by atoms with Crippen LogP contribution < -0.4 is 26.8 Å². The van der Waals surface area contributed by atoms with Gasteiger partial charge in [0.2, 0.25) is 0 Å². The van der Waals surface area contributed by atoms with E-state index in [2.05, 4.69) is 10.6 Å². The Morgan fingerprint density at radius 2 is 1.88 bits per heavy atom. The highest BCUT2D eigenvalue weighted by Gasteiger charge is 2.22. The van der Waals surface area contributed by atoms with Gasteiger partial charge >= 0.3 is 0 Å². The van der Waals surface area contributed by atoms with Gasteiger partial charge in [-0.05, 0) is 55.3 Å². The van der Waals surface area contributed by atoms with Gasteiger partial charge < -0.3 is 26.8 Å². The molecule has 1 aliphatic carbocycles. The van der Waals surface area contributed by atoms with Crippen molar-refractivity contribution in [3.05, 3.63) is 66.2 Å². The van der Waals surface area contributed by atoms with E-state index in [0.717, 1.165) is 42.0 Å². The minimum Gasteiger partial charge on any atom is -0.497 e. The summed E-state index contributed by atoms with van der Waals surface area (Å²) in [5.74, 6) is 0.870. The van der Waals surface area contributed by atoms with Crippen LogP contribution in [0.4, 0.5) is 17.2 Å². The summed E-state index contributed by atoms with van der Waals surface area (Å²) >= 11 is 0. The van der Waals surface area contributed by atoms with Crippen molar-refractivity contribution in [2.75, 3.05) is 17.7 Å². The monoisotopic (exact) mass is 431 g/mol. The second-order valence-electron chi connectivity index (χ2n) is 8.09. The van der Waals surface area contributed by atoms with Gasteiger partial charge in [-0.15, -0.1) is 0 Å². The lowest BCUT2D eigenvalue weighted by atomic mass is 9.91. The Kier molecular flexibility index (Phi) is 6.56. The zero-order valence-corrected chi connectivity index (χ0v) is 18.2. The Hall–Kier alpha value is -3.58. The largest absolute Gasteiger partial charge is 0.497 e. The number of ether oxygens (including phenoxy) is 1. The number of nitrogens with one attached hydrogen (secondary N) is 2. The molecule has 1 heterocycles. The highest BCUT2D eigenvalue weighted by molar-refractivity contribution is 5.99.